The molecule has 1 amide bonds. The summed E-state index contributed by atoms with van der Waals surface area (Å²) in [5, 5.41) is 0. The van der Waals surface area contributed by atoms with Crippen LogP contribution in [0.1, 0.15) is 22.8 Å². The van der Waals surface area contributed by atoms with Gasteiger partial charge in [-0.05, 0) is 42.8 Å². The van der Waals surface area contributed by atoms with E-state index in [-0.39, 0.29) is 5.91 Å². The summed E-state index contributed by atoms with van der Waals surface area (Å²) in [6.45, 7) is 2.81. The van der Waals surface area contributed by atoms with Gasteiger partial charge >= 0.3 is 0 Å². The molecule has 4 nitrogen and oxygen atoms in total. The predicted octanol–water partition coefficient (Wildman–Crippen LogP) is 4.42. The number of amides is 1. The molecule has 0 aliphatic heterocycles. The molecule has 0 saturated carbocycles. The number of hydrogen-bond acceptors (Lipinski definition) is 3. The molecular formula is C20H19NO3. The van der Waals surface area contributed by atoms with E-state index in [1.807, 2.05) is 61.5 Å². The van der Waals surface area contributed by atoms with Crippen LogP contribution in [0.25, 0.3) is 6.08 Å². The SMILES string of the molecule is Cc1ccc(/C=C/C(=O)N(Cc2ccccc2)Cc2ccco2)o1. The van der Waals surface area contributed by atoms with E-state index in [4.69, 9.17) is 8.83 Å². The molecule has 122 valence electrons. The number of nitrogens with zero attached hydrogens (tertiary/aromatic N) is 1. The lowest BCUT2D eigenvalue weighted by Gasteiger charge is -2.20. The molecule has 0 saturated heterocycles. The molecule has 0 atom stereocenters. The molecule has 4 heteroatoms. The summed E-state index contributed by atoms with van der Waals surface area (Å²) in [4.78, 5) is 14.3. The summed E-state index contributed by atoms with van der Waals surface area (Å²) in [6, 6.07) is 17.3. The Morgan fingerprint density at radius 3 is 2.54 bits per heavy atom. The molecule has 0 unspecified atom stereocenters. The van der Waals surface area contributed by atoms with E-state index in [0.717, 1.165) is 17.1 Å². The van der Waals surface area contributed by atoms with Crippen LogP contribution in [0, 0.1) is 6.92 Å². The van der Waals surface area contributed by atoms with Crippen molar-refractivity contribution in [3.63, 3.8) is 0 Å². The van der Waals surface area contributed by atoms with Crippen LogP contribution in [0.15, 0.2) is 75.8 Å². The molecule has 3 aromatic rings. The van der Waals surface area contributed by atoms with Gasteiger partial charge < -0.3 is 13.7 Å². The summed E-state index contributed by atoms with van der Waals surface area (Å²) >= 11 is 0. The second kappa shape index (κ2) is 7.51. The van der Waals surface area contributed by atoms with Crippen LogP contribution in [0.4, 0.5) is 0 Å². The van der Waals surface area contributed by atoms with Crippen molar-refractivity contribution < 1.29 is 13.6 Å². The van der Waals surface area contributed by atoms with Gasteiger partial charge in [0.25, 0.3) is 0 Å². The largest absolute Gasteiger partial charge is 0.467 e. The third kappa shape index (κ3) is 4.26. The highest BCUT2D eigenvalue weighted by Crippen LogP contribution is 2.13. The molecule has 3 rings (SSSR count). The zero-order chi connectivity index (χ0) is 16.8. The Bertz CT molecular complexity index is 801. The lowest BCUT2D eigenvalue weighted by molar-refractivity contribution is -0.127. The Morgan fingerprint density at radius 2 is 1.88 bits per heavy atom. The van der Waals surface area contributed by atoms with Gasteiger partial charge in [0, 0.05) is 12.6 Å². The topological polar surface area (TPSA) is 46.6 Å². The number of furan rings is 2. The molecule has 1 aromatic carbocycles. The first-order valence-corrected chi connectivity index (χ1v) is 7.80. The Hall–Kier alpha value is -3.01. The van der Waals surface area contributed by atoms with Gasteiger partial charge in [0.05, 0.1) is 12.8 Å². The molecule has 0 fully saturated rings. The monoisotopic (exact) mass is 321 g/mol. The molecule has 0 aliphatic carbocycles. The fraction of sp³-hybridized carbons (Fsp3) is 0.150. The minimum atomic E-state index is -0.0932. The first-order valence-electron chi connectivity index (χ1n) is 7.80. The van der Waals surface area contributed by atoms with Crippen LogP contribution in [0.3, 0.4) is 0 Å². The van der Waals surface area contributed by atoms with Crippen molar-refractivity contribution in [1.82, 2.24) is 4.90 Å². The molecule has 0 spiro atoms. The maximum atomic E-state index is 12.6. The summed E-state index contributed by atoms with van der Waals surface area (Å²) in [5.74, 6) is 2.14. The van der Waals surface area contributed by atoms with Crippen molar-refractivity contribution in [1.29, 1.82) is 0 Å². The highest BCUT2D eigenvalue weighted by molar-refractivity contribution is 5.91. The van der Waals surface area contributed by atoms with E-state index in [1.165, 1.54) is 6.08 Å². The summed E-state index contributed by atoms with van der Waals surface area (Å²) < 4.78 is 10.8. The Morgan fingerprint density at radius 1 is 1.04 bits per heavy atom. The maximum Gasteiger partial charge on any atom is 0.247 e. The normalized spacial score (nSPS) is 11.0. The molecule has 0 radical (unpaired) electrons. The number of hydrogen-bond donors (Lipinski definition) is 0. The van der Waals surface area contributed by atoms with E-state index in [2.05, 4.69) is 0 Å². The molecule has 0 aliphatic rings. The van der Waals surface area contributed by atoms with Crippen molar-refractivity contribution in [2.45, 2.75) is 20.0 Å². The zero-order valence-electron chi connectivity index (χ0n) is 13.5. The van der Waals surface area contributed by atoms with Crippen LogP contribution < -0.4 is 0 Å². The lowest BCUT2D eigenvalue weighted by atomic mass is 10.2. The Balaban J connectivity index is 1.75. The average molecular weight is 321 g/mol. The van der Waals surface area contributed by atoms with Gasteiger partial charge in [-0.2, -0.15) is 0 Å². The van der Waals surface area contributed by atoms with Crippen molar-refractivity contribution in [2.24, 2.45) is 0 Å². The van der Waals surface area contributed by atoms with Gasteiger partial charge in [-0.15, -0.1) is 0 Å². The van der Waals surface area contributed by atoms with Crippen molar-refractivity contribution in [3.05, 3.63) is 89.8 Å². The van der Waals surface area contributed by atoms with Gasteiger partial charge in [-0.1, -0.05) is 30.3 Å². The number of aryl methyl sites for hydroxylation is 1. The Kier molecular flexibility index (Phi) is 4.96. The van der Waals surface area contributed by atoms with Crippen LogP contribution >= 0.6 is 0 Å². The van der Waals surface area contributed by atoms with Crippen LogP contribution in [-0.4, -0.2) is 10.8 Å². The quantitative estimate of drug-likeness (QED) is 0.631. The smallest absolute Gasteiger partial charge is 0.247 e. The summed E-state index contributed by atoms with van der Waals surface area (Å²) in [6.07, 6.45) is 4.83. The molecule has 0 bridgehead atoms. The van der Waals surface area contributed by atoms with E-state index >= 15 is 0 Å². The van der Waals surface area contributed by atoms with E-state index in [1.54, 1.807) is 17.2 Å². The highest BCUT2D eigenvalue weighted by atomic mass is 16.3. The third-order valence-corrected chi connectivity index (χ3v) is 3.61. The molecule has 2 aromatic heterocycles. The van der Waals surface area contributed by atoms with Gasteiger partial charge in [-0.25, -0.2) is 0 Å². The average Bonchev–Trinajstić information content (AvgIpc) is 3.24. The number of rotatable bonds is 6. The van der Waals surface area contributed by atoms with Gasteiger partial charge in [-0.3, -0.25) is 4.79 Å². The maximum absolute atomic E-state index is 12.6. The van der Waals surface area contributed by atoms with Crippen molar-refractivity contribution >= 4 is 12.0 Å². The number of carbonyl (C=O) groups is 1. The van der Waals surface area contributed by atoms with Gasteiger partial charge in [0.1, 0.15) is 17.3 Å². The minimum Gasteiger partial charge on any atom is -0.467 e. The fourth-order valence-corrected chi connectivity index (χ4v) is 2.41. The summed E-state index contributed by atoms with van der Waals surface area (Å²) in [7, 11) is 0. The first-order chi connectivity index (χ1) is 11.7. The van der Waals surface area contributed by atoms with Crippen LogP contribution in [0.2, 0.25) is 0 Å². The number of carbonyl (C=O) groups excluding carboxylic acids is 1. The highest BCUT2D eigenvalue weighted by Gasteiger charge is 2.13. The Labute approximate surface area is 141 Å². The zero-order valence-corrected chi connectivity index (χ0v) is 13.5. The standard InChI is InChI=1S/C20H19NO3/c1-16-9-10-18(24-16)11-12-20(22)21(15-19-8-5-13-23-19)14-17-6-3-2-4-7-17/h2-13H,14-15H2,1H3/b12-11+. The van der Waals surface area contributed by atoms with E-state index < -0.39 is 0 Å². The number of benzene rings is 1. The van der Waals surface area contributed by atoms with Gasteiger partial charge in [0.15, 0.2) is 0 Å². The van der Waals surface area contributed by atoms with Crippen LogP contribution in [0.5, 0.6) is 0 Å². The second-order valence-corrected chi connectivity index (χ2v) is 5.54. The van der Waals surface area contributed by atoms with E-state index in [0.29, 0.717) is 18.8 Å². The third-order valence-electron chi connectivity index (χ3n) is 3.61. The molecular weight excluding hydrogens is 302 g/mol. The van der Waals surface area contributed by atoms with E-state index in [9.17, 15) is 4.79 Å². The second-order valence-electron chi connectivity index (χ2n) is 5.54. The molecule has 2 heterocycles. The predicted molar refractivity (Wildman–Crippen MR) is 91.9 cm³/mol. The molecule has 0 N–H and O–H groups in total. The lowest BCUT2D eigenvalue weighted by Crippen LogP contribution is -2.28. The first kappa shape index (κ1) is 15.9. The fourth-order valence-electron chi connectivity index (χ4n) is 2.41. The van der Waals surface area contributed by atoms with Crippen molar-refractivity contribution in [3.8, 4) is 0 Å². The van der Waals surface area contributed by atoms with Crippen LogP contribution in [-0.2, 0) is 17.9 Å². The molecule has 24 heavy (non-hydrogen) atoms. The van der Waals surface area contributed by atoms with Gasteiger partial charge in [0.2, 0.25) is 5.91 Å². The minimum absolute atomic E-state index is 0.0932. The summed E-state index contributed by atoms with van der Waals surface area (Å²) in [5.41, 5.74) is 1.07. The van der Waals surface area contributed by atoms with Crippen molar-refractivity contribution in [2.75, 3.05) is 0 Å².